The number of benzene rings is 1. The van der Waals surface area contributed by atoms with Crippen LogP contribution >= 0.6 is 11.6 Å². The highest BCUT2D eigenvalue weighted by atomic mass is 35.5. The molecule has 1 unspecified atom stereocenters. The van der Waals surface area contributed by atoms with Crippen molar-refractivity contribution in [3.63, 3.8) is 0 Å². The molecule has 0 aromatic heterocycles. The van der Waals surface area contributed by atoms with Crippen LogP contribution in [0.25, 0.3) is 0 Å². The van der Waals surface area contributed by atoms with Gasteiger partial charge in [0.1, 0.15) is 0 Å². The maximum atomic E-state index is 12.3. The zero-order valence-corrected chi connectivity index (χ0v) is 13.2. The van der Waals surface area contributed by atoms with E-state index in [0.717, 1.165) is 19.4 Å². The van der Waals surface area contributed by atoms with Gasteiger partial charge < -0.3 is 15.4 Å². The van der Waals surface area contributed by atoms with E-state index in [4.69, 9.17) is 16.3 Å². The number of nitrogens with one attached hydrogen (secondary N) is 2. The van der Waals surface area contributed by atoms with Crippen molar-refractivity contribution in [3.8, 4) is 0 Å². The first-order valence-electron chi connectivity index (χ1n) is 7.55. The molecular weight excluding hydrogens is 304 g/mol. The smallest absolute Gasteiger partial charge is 0.253 e. The third-order valence-electron chi connectivity index (χ3n) is 3.50. The fourth-order valence-corrected chi connectivity index (χ4v) is 2.47. The number of para-hydroxylation sites is 1. The summed E-state index contributed by atoms with van der Waals surface area (Å²) >= 11 is 5.58. The summed E-state index contributed by atoms with van der Waals surface area (Å²) in [7, 11) is 0. The van der Waals surface area contributed by atoms with Crippen molar-refractivity contribution < 1.29 is 14.3 Å². The molecule has 1 aliphatic heterocycles. The first-order valence-corrected chi connectivity index (χ1v) is 8.09. The van der Waals surface area contributed by atoms with E-state index in [1.165, 1.54) is 0 Å². The van der Waals surface area contributed by atoms with Crippen molar-refractivity contribution in [1.82, 2.24) is 5.32 Å². The number of carbonyl (C=O) groups is 2. The Kier molecular flexibility index (Phi) is 6.68. The molecular formula is C16H21ClN2O3. The highest BCUT2D eigenvalue weighted by molar-refractivity contribution is 6.18. The SMILES string of the molecule is O=C(CCCCl)Nc1ccccc1C(=O)NCC1CCCO1. The monoisotopic (exact) mass is 324 g/mol. The molecule has 1 atom stereocenters. The Morgan fingerprint density at radius 3 is 2.86 bits per heavy atom. The number of hydrogen-bond acceptors (Lipinski definition) is 3. The van der Waals surface area contributed by atoms with Crippen molar-refractivity contribution >= 4 is 29.1 Å². The molecule has 2 N–H and O–H groups in total. The number of halogens is 1. The van der Waals surface area contributed by atoms with E-state index < -0.39 is 0 Å². The van der Waals surface area contributed by atoms with Crippen molar-refractivity contribution in [2.45, 2.75) is 31.8 Å². The standard InChI is InChI=1S/C16H21ClN2O3/c17-9-3-8-15(20)19-14-7-2-1-6-13(14)16(21)18-11-12-5-4-10-22-12/h1-2,6-7,12H,3-5,8-11H2,(H,18,21)(H,19,20). The number of alkyl halides is 1. The Balaban J connectivity index is 1.94. The summed E-state index contributed by atoms with van der Waals surface area (Å²) in [5.74, 6) is 0.0977. The molecule has 1 fully saturated rings. The van der Waals surface area contributed by atoms with Gasteiger partial charge in [-0.05, 0) is 31.4 Å². The molecule has 120 valence electrons. The van der Waals surface area contributed by atoms with Crippen LogP contribution in [0.3, 0.4) is 0 Å². The highest BCUT2D eigenvalue weighted by Gasteiger charge is 2.18. The van der Waals surface area contributed by atoms with Crippen LogP contribution in [-0.4, -0.2) is 36.9 Å². The quantitative estimate of drug-likeness (QED) is 0.757. The third-order valence-corrected chi connectivity index (χ3v) is 3.76. The van der Waals surface area contributed by atoms with Crippen molar-refractivity contribution in [1.29, 1.82) is 0 Å². The van der Waals surface area contributed by atoms with Gasteiger partial charge >= 0.3 is 0 Å². The maximum Gasteiger partial charge on any atom is 0.253 e. The second-order valence-corrected chi connectivity index (χ2v) is 5.61. The van der Waals surface area contributed by atoms with Crippen molar-refractivity contribution in [2.24, 2.45) is 0 Å². The van der Waals surface area contributed by atoms with Crippen LogP contribution in [0.4, 0.5) is 5.69 Å². The Morgan fingerprint density at radius 2 is 2.14 bits per heavy atom. The van der Waals surface area contributed by atoms with E-state index in [2.05, 4.69) is 10.6 Å². The average Bonchev–Trinajstić information content (AvgIpc) is 3.04. The normalized spacial score (nSPS) is 17.2. The number of ether oxygens (including phenoxy) is 1. The Hall–Kier alpha value is -1.59. The van der Waals surface area contributed by atoms with Gasteiger partial charge in [0.2, 0.25) is 5.91 Å². The summed E-state index contributed by atoms with van der Waals surface area (Å²) in [5.41, 5.74) is 0.978. The minimum atomic E-state index is -0.205. The van der Waals surface area contributed by atoms with Gasteiger partial charge in [-0.15, -0.1) is 11.6 Å². The first-order chi connectivity index (χ1) is 10.7. The summed E-state index contributed by atoms with van der Waals surface area (Å²) in [6.07, 6.45) is 3.05. The fourth-order valence-electron chi connectivity index (χ4n) is 2.34. The van der Waals surface area contributed by atoms with E-state index in [0.29, 0.717) is 36.5 Å². The number of rotatable bonds is 7. The minimum Gasteiger partial charge on any atom is -0.376 e. The lowest BCUT2D eigenvalue weighted by Gasteiger charge is -2.13. The van der Waals surface area contributed by atoms with Crippen LogP contribution in [0, 0.1) is 0 Å². The summed E-state index contributed by atoms with van der Waals surface area (Å²) in [4.78, 5) is 24.1. The van der Waals surface area contributed by atoms with Crippen LogP contribution in [-0.2, 0) is 9.53 Å². The molecule has 2 amide bonds. The van der Waals surface area contributed by atoms with E-state index in [1.807, 2.05) is 0 Å². The predicted molar refractivity (Wildman–Crippen MR) is 86.3 cm³/mol. The van der Waals surface area contributed by atoms with Crippen molar-refractivity contribution in [2.75, 3.05) is 24.3 Å². The van der Waals surface area contributed by atoms with Crippen molar-refractivity contribution in [3.05, 3.63) is 29.8 Å². The van der Waals surface area contributed by atoms with Gasteiger partial charge in [0.05, 0.1) is 17.4 Å². The van der Waals surface area contributed by atoms with Gasteiger partial charge in [-0.1, -0.05) is 12.1 Å². The van der Waals surface area contributed by atoms with E-state index in [9.17, 15) is 9.59 Å². The van der Waals surface area contributed by atoms with Crippen LogP contribution in [0.1, 0.15) is 36.0 Å². The largest absolute Gasteiger partial charge is 0.376 e. The van der Waals surface area contributed by atoms with Gasteiger partial charge in [0, 0.05) is 25.5 Å². The molecule has 1 aromatic carbocycles. The number of carbonyl (C=O) groups excluding carboxylic acids is 2. The summed E-state index contributed by atoms with van der Waals surface area (Å²) in [6.45, 7) is 1.25. The van der Waals surface area contributed by atoms with Gasteiger partial charge in [-0.3, -0.25) is 9.59 Å². The summed E-state index contributed by atoms with van der Waals surface area (Å²) in [5, 5.41) is 5.63. The maximum absolute atomic E-state index is 12.3. The molecule has 5 nitrogen and oxygen atoms in total. The van der Waals surface area contributed by atoms with Crippen LogP contribution in [0.5, 0.6) is 0 Å². The number of amides is 2. The molecule has 0 spiro atoms. The lowest BCUT2D eigenvalue weighted by atomic mass is 10.1. The number of hydrogen-bond donors (Lipinski definition) is 2. The Morgan fingerprint density at radius 1 is 1.32 bits per heavy atom. The topological polar surface area (TPSA) is 67.4 Å². The average molecular weight is 325 g/mol. The second-order valence-electron chi connectivity index (χ2n) is 5.23. The summed E-state index contributed by atoms with van der Waals surface area (Å²) in [6, 6.07) is 6.98. The second kappa shape index (κ2) is 8.76. The van der Waals surface area contributed by atoms with Crippen LogP contribution in [0.2, 0.25) is 0 Å². The number of anilines is 1. The molecule has 0 bridgehead atoms. The van der Waals surface area contributed by atoms with E-state index in [-0.39, 0.29) is 17.9 Å². The lowest BCUT2D eigenvalue weighted by Crippen LogP contribution is -2.32. The van der Waals surface area contributed by atoms with E-state index >= 15 is 0 Å². The van der Waals surface area contributed by atoms with E-state index in [1.54, 1.807) is 24.3 Å². The highest BCUT2D eigenvalue weighted by Crippen LogP contribution is 2.16. The molecule has 22 heavy (non-hydrogen) atoms. The molecule has 1 aromatic rings. The zero-order valence-electron chi connectivity index (χ0n) is 12.4. The van der Waals surface area contributed by atoms with Crippen LogP contribution in [0.15, 0.2) is 24.3 Å². The van der Waals surface area contributed by atoms with Gasteiger partial charge in [0.25, 0.3) is 5.91 Å². The van der Waals surface area contributed by atoms with Gasteiger partial charge in [-0.25, -0.2) is 0 Å². The molecule has 1 aliphatic rings. The minimum absolute atomic E-state index is 0.0921. The third kappa shape index (κ3) is 5.00. The van der Waals surface area contributed by atoms with Crippen LogP contribution < -0.4 is 10.6 Å². The molecule has 2 rings (SSSR count). The molecule has 0 radical (unpaired) electrons. The molecule has 1 heterocycles. The van der Waals surface area contributed by atoms with Gasteiger partial charge in [-0.2, -0.15) is 0 Å². The van der Waals surface area contributed by atoms with Gasteiger partial charge in [0.15, 0.2) is 0 Å². The molecule has 1 saturated heterocycles. The summed E-state index contributed by atoms with van der Waals surface area (Å²) < 4.78 is 5.48. The molecule has 0 aliphatic carbocycles. The lowest BCUT2D eigenvalue weighted by molar-refractivity contribution is -0.116. The Labute approximate surface area is 135 Å². The predicted octanol–water partition coefficient (Wildman–Crippen LogP) is 2.55. The Bertz CT molecular complexity index is 516. The molecule has 6 heteroatoms. The molecule has 0 saturated carbocycles. The zero-order chi connectivity index (χ0) is 15.8. The fraction of sp³-hybridized carbons (Fsp3) is 0.500. The first kappa shape index (κ1) is 16.8.